The van der Waals surface area contributed by atoms with Crippen molar-refractivity contribution < 1.29 is 28.5 Å². The van der Waals surface area contributed by atoms with Gasteiger partial charge in [-0.1, -0.05) is 19.1 Å². The molecule has 0 aromatic heterocycles. The maximum absolute atomic E-state index is 12.5. The summed E-state index contributed by atoms with van der Waals surface area (Å²) in [6.45, 7) is 3.76. The molecule has 0 fully saturated rings. The quantitative estimate of drug-likeness (QED) is 0.626. The average molecular weight is 387 g/mol. The van der Waals surface area contributed by atoms with Crippen molar-refractivity contribution in [3.05, 3.63) is 42.0 Å². The Kier molecular flexibility index (Phi) is 7.68. The first-order valence-corrected chi connectivity index (χ1v) is 8.97. The summed E-state index contributed by atoms with van der Waals surface area (Å²) in [4.78, 5) is 24.2. The van der Waals surface area contributed by atoms with Crippen LogP contribution in [0.4, 0.5) is 5.69 Å². The number of methoxy groups -OCH3 is 2. The summed E-state index contributed by atoms with van der Waals surface area (Å²) in [7, 11) is 3.02. The number of rotatable bonds is 10. The van der Waals surface area contributed by atoms with Crippen molar-refractivity contribution in [3.63, 3.8) is 0 Å². The van der Waals surface area contributed by atoms with Crippen LogP contribution in [0.5, 0.6) is 23.0 Å². The molecule has 1 N–H and O–H groups in total. The predicted octanol–water partition coefficient (Wildman–Crippen LogP) is 3.71. The number of benzene rings is 2. The molecule has 0 bridgehead atoms. The number of anilines is 1. The molecule has 2 rings (SSSR count). The Bertz CT molecular complexity index is 834. The number of carbonyl (C=O) groups is 2. The minimum atomic E-state index is -0.205. The van der Waals surface area contributed by atoms with E-state index in [1.54, 1.807) is 50.4 Å². The molecule has 150 valence electrons. The van der Waals surface area contributed by atoms with Gasteiger partial charge in [0.15, 0.2) is 23.9 Å². The van der Waals surface area contributed by atoms with Crippen LogP contribution >= 0.6 is 0 Å². The summed E-state index contributed by atoms with van der Waals surface area (Å²) < 4.78 is 21.9. The molecule has 0 spiro atoms. The second kappa shape index (κ2) is 10.2. The lowest BCUT2D eigenvalue weighted by Gasteiger charge is -2.18. The molecule has 0 aliphatic rings. The standard InChI is InChI=1S/C21H25NO6/c1-5-19(24)22-16-10-11-18(21(27-6-2)20(16)26-4)28-13-17(23)14-8-7-9-15(12-14)25-3/h7-12H,5-6,13H2,1-4H3,(H,22,24). The third kappa shape index (κ3) is 5.16. The largest absolute Gasteiger partial charge is 0.497 e. The Labute approximate surface area is 164 Å². The Hall–Kier alpha value is -3.22. The third-order valence-electron chi connectivity index (χ3n) is 3.91. The minimum absolute atomic E-state index is 0.150. The average Bonchev–Trinajstić information content (AvgIpc) is 2.73. The van der Waals surface area contributed by atoms with E-state index in [9.17, 15) is 9.59 Å². The molecule has 0 aliphatic carbocycles. The SMILES string of the molecule is CCOc1c(OCC(=O)c2cccc(OC)c2)ccc(NC(=O)CC)c1OC. The number of ether oxygens (including phenoxy) is 4. The van der Waals surface area contributed by atoms with Crippen LogP contribution in [0.2, 0.25) is 0 Å². The van der Waals surface area contributed by atoms with E-state index < -0.39 is 0 Å². The predicted molar refractivity (Wildman–Crippen MR) is 106 cm³/mol. The second-order valence-electron chi connectivity index (χ2n) is 5.75. The van der Waals surface area contributed by atoms with E-state index in [2.05, 4.69) is 5.32 Å². The number of Topliss-reactive ketones (excluding diaryl/α,β-unsaturated/α-hetero) is 1. The van der Waals surface area contributed by atoms with Gasteiger partial charge in [0.2, 0.25) is 11.7 Å². The van der Waals surface area contributed by atoms with Gasteiger partial charge in [-0.3, -0.25) is 9.59 Å². The first kappa shape index (κ1) is 21.1. The van der Waals surface area contributed by atoms with Crippen LogP contribution < -0.4 is 24.3 Å². The normalized spacial score (nSPS) is 10.1. The second-order valence-corrected chi connectivity index (χ2v) is 5.75. The van der Waals surface area contributed by atoms with Gasteiger partial charge < -0.3 is 24.3 Å². The molecule has 0 radical (unpaired) electrons. The van der Waals surface area contributed by atoms with Crippen LogP contribution in [0, 0.1) is 0 Å². The number of carbonyl (C=O) groups excluding carboxylic acids is 2. The maximum atomic E-state index is 12.5. The Morgan fingerprint density at radius 2 is 1.75 bits per heavy atom. The highest BCUT2D eigenvalue weighted by atomic mass is 16.5. The fourth-order valence-corrected chi connectivity index (χ4v) is 2.50. The molecule has 0 heterocycles. The monoisotopic (exact) mass is 387 g/mol. The Morgan fingerprint density at radius 1 is 0.964 bits per heavy atom. The molecule has 0 aliphatic heterocycles. The molecule has 1 amide bonds. The van der Waals surface area contributed by atoms with Gasteiger partial charge in [0, 0.05) is 12.0 Å². The van der Waals surface area contributed by atoms with Crippen molar-refractivity contribution >= 4 is 17.4 Å². The third-order valence-corrected chi connectivity index (χ3v) is 3.91. The smallest absolute Gasteiger partial charge is 0.224 e. The summed E-state index contributed by atoms with van der Waals surface area (Å²) in [5.74, 6) is 1.27. The van der Waals surface area contributed by atoms with Crippen molar-refractivity contribution in [1.82, 2.24) is 0 Å². The zero-order valence-electron chi connectivity index (χ0n) is 16.5. The van der Waals surface area contributed by atoms with Crippen molar-refractivity contribution in [2.75, 3.05) is 32.8 Å². The molecule has 0 atom stereocenters. The summed E-state index contributed by atoms with van der Waals surface area (Å²) in [6.07, 6.45) is 0.334. The first-order chi connectivity index (χ1) is 13.5. The van der Waals surface area contributed by atoms with E-state index in [0.29, 0.717) is 47.3 Å². The topological polar surface area (TPSA) is 83.1 Å². The highest BCUT2D eigenvalue weighted by molar-refractivity contribution is 5.97. The summed E-state index contributed by atoms with van der Waals surface area (Å²) >= 11 is 0. The molecule has 0 saturated heterocycles. The van der Waals surface area contributed by atoms with Gasteiger partial charge in [-0.2, -0.15) is 0 Å². The van der Waals surface area contributed by atoms with Gasteiger partial charge in [0.05, 0.1) is 26.5 Å². The van der Waals surface area contributed by atoms with Gasteiger partial charge >= 0.3 is 0 Å². The van der Waals surface area contributed by atoms with E-state index in [0.717, 1.165) is 0 Å². The lowest BCUT2D eigenvalue weighted by atomic mass is 10.1. The molecule has 0 saturated carbocycles. The van der Waals surface area contributed by atoms with Crippen LogP contribution in [-0.4, -0.2) is 39.1 Å². The van der Waals surface area contributed by atoms with E-state index in [-0.39, 0.29) is 18.3 Å². The highest BCUT2D eigenvalue weighted by Gasteiger charge is 2.19. The van der Waals surface area contributed by atoms with E-state index in [1.807, 2.05) is 6.92 Å². The lowest BCUT2D eigenvalue weighted by Crippen LogP contribution is -2.14. The number of hydrogen-bond acceptors (Lipinski definition) is 6. The Balaban J connectivity index is 2.24. The number of nitrogens with one attached hydrogen (secondary N) is 1. The van der Waals surface area contributed by atoms with Crippen molar-refractivity contribution in [2.45, 2.75) is 20.3 Å². The van der Waals surface area contributed by atoms with Crippen LogP contribution in [-0.2, 0) is 4.79 Å². The molecule has 0 unspecified atom stereocenters. The Morgan fingerprint density at radius 3 is 2.39 bits per heavy atom. The van der Waals surface area contributed by atoms with Gasteiger partial charge in [-0.25, -0.2) is 0 Å². The summed E-state index contributed by atoms with van der Waals surface area (Å²) in [5.41, 5.74) is 0.959. The van der Waals surface area contributed by atoms with Crippen molar-refractivity contribution in [1.29, 1.82) is 0 Å². The molecular formula is C21H25NO6. The van der Waals surface area contributed by atoms with Gasteiger partial charge in [-0.15, -0.1) is 0 Å². The number of hydrogen-bond donors (Lipinski definition) is 1. The van der Waals surface area contributed by atoms with E-state index >= 15 is 0 Å². The van der Waals surface area contributed by atoms with E-state index in [1.165, 1.54) is 7.11 Å². The van der Waals surface area contributed by atoms with Crippen molar-refractivity contribution in [3.8, 4) is 23.0 Å². The van der Waals surface area contributed by atoms with Crippen LogP contribution in [0.1, 0.15) is 30.6 Å². The van der Waals surface area contributed by atoms with Crippen LogP contribution in [0.25, 0.3) is 0 Å². The molecular weight excluding hydrogens is 362 g/mol. The molecule has 2 aromatic carbocycles. The van der Waals surface area contributed by atoms with Gasteiger partial charge in [-0.05, 0) is 31.2 Å². The van der Waals surface area contributed by atoms with Crippen LogP contribution in [0.15, 0.2) is 36.4 Å². The fourth-order valence-electron chi connectivity index (χ4n) is 2.50. The molecule has 7 heteroatoms. The van der Waals surface area contributed by atoms with Crippen LogP contribution in [0.3, 0.4) is 0 Å². The number of amides is 1. The van der Waals surface area contributed by atoms with Gasteiger partial charge in [0.25, 0.3) is 0 Å². The molecule has 7 nitrogen and oxygen atoms in total. The fraction of sp³-hybridized carbons (Fsp3) is 0.333. The summed E-state index contributed by atoms with van der Waals surface area (Å²) in [5, 5.41) is 2.76. The highest BCUT2D eigenvalue weighted by Crippen LogP contribution is 2.43. The first-order valence-electron chi connectivity index (χ1n) is 8.97. The maximum Gasteiger partial charge on any atom is 0.224 e. The van der Waals surface area contributed by atoms with Gasteiger partial charge in [0.1, 0.15) is 5.75 Å². The molecule has 2 aromatic rings. The van der Waals surface area contributed by atoms with Crippen molar-refractivity contribution in [2.24, 2.45) is 0 Å². The minimum Gasteiger partial charge on any atom is -0.497 e. The zero-order valence-corrected chi connectivity index (χ0v) is 16.5. The molecule has 28 heavy (non-hydrogen) atoms. The summed E-state index contributed by atoms with van der Waals surface area (Å²) in [6, 6.07) is 10.1. The van der Waals surface area contributed by atoms with E-state index in [4.69, 9.17) is 18.9 Å². The lowest BCUT2D eigenvalue weighted by molar-refractivity contribution is -0.115. The number of ketones is 1. The zero-order chi connectivity index (χ0) is 20.5.